The topological polar surface area (TPSA) is 59.3 Å². The molecule has 4 rings (SSSR count). The van der Waals surface area contributed by atoms with Crippen molar-refractivity contribution < 1.29 is 9.90 Å². The summed E-state index contributed by atoms with van der Waals surface area (Å²) in [6, 6.07) is 25.1. The summed E-state index contributed by atoms with van der Waals surface area (Å²) in [4.78, 5) is 23.7. The normalized spacial score (nSPS) is 10.8. The lowest BCUT2D eigenvalue weighted by atomic mass is 9.94. The van der Waals surface area contributed by atoms with Gasteiger partial charge in [-0.15, -0.1) is 0 Å². The lowest BCUT2D eigenvalue weighted by Gasteiger charge is -2.14. The number of carboxylic acid groups (broad SMARTS) is 1. The molecule has 1 heterocycles. The predicted octanol–water partition coefficient (Wildman–Crippen LogP) is 4.42. The van der Waals surface area contributed by atoms with E-state index in [2.05, 4.69) is 24.3 Å². The molecule has 0 saturated heterocycles. The van der Waals surface area contributed by atoms with E-state index in [-0.39, 0.29) is 5.56 Å². The quantitative estimate of drug-likeness (QED) is 0.590. The summed E-state index contributed by atoms with van der Waals surface area (Å²) in [7, 11) is 0. The maximum Gasteiger partial charge on any atom is 0.341 e. The van der Waals surface area contributed by atoms with Gasteiger partial charge in [0.05, 0.1) is 6.54 Å². The molecule has 4 heteroatoms. The second-order valence-electron chi connectivity index (χ2n) is 6.34. The zero-order valence-corrected chi connectivity index (χ0v) is 14.5. The van der Waals surface area contributed by atoms with Crippen molar-refractivity contribution in [2.24, 2.45) is 0 Å². The Morgan fingerprint density at radius 3 is 2.37 bits per heavy atom. The second kappa shape index (κ2) is 6.92. The Labute approximate surface area is 156 Å². The molecular formula is C23H17NO3. The molecule has 0 atom stereocenters. The minimum atomic E-state index is -1.21. The molecule has 0 saturated carbocycles. The van der Waals surface area contributed by atoms with Gasteiger partial charge in [0, 0.05) is 6.20 Å². The summed E-state index contributed by atoms with van der Waals surface area (Å²) < 4.78 is 1.44. The smallest absolute Gasteiger partial charge is 0.341 e. The van der Waals surface area contributed by atoms with Crippen molar-refractivity contribution in [1.82, 2.24) is 4.57 Å². The first-order valence-corrected chi connectivity index (χ1v) is 8.64. The number of fused-ring (bicyclic) bond motifs is 1. The number of aromatic carboxylic acids is 1. The summed E-state index contributed by atoms with van der Waals surface area (Å²) in [5, 5.41) is 11.5. The number of nitrogens with zero attached hydrogens (tertiary/aromatic N) is 1. The monoisotopic (exact) mass is 355 g/mol. The molecule has 0 spiro atoms. The minimum Gasteiger partial charge on any atom is -0.477 e. The van der Waals surface area contributed by atoms with Crippen LogP contribution < -0.4 is 5.56 Å². The number of benzene rings is 3. The molecule has 3 aromatic carbocycles. The standard InChI is InChI=1S/C23H17NO3/c25-22-21(23(26)27)13-6-14-24(22)15-17-8-2-4-11-19(17)20-12-5-9-16-7-1-3-10-18(16)20/h1-14H,15H2,(H,26,27). The van der Waals surface area contributed by atoms with Crippen LogP contribution in [-0.2, 0) is 6.54 Å². The molecule has 0 amide bonds. The third-order valence-electron chi connectivity index (χ3n) is 4.69. The van der Waals surface area contributed by atoms with Crippen LogP contribution in [-0.4, -0.2) is 15.6 Å². The van der Waals surface area contributed by atoms with E-state index in [1.54, 1.807) is 12.3 Å². The van der Waals surface area contributed by atoms with Crippen molar-refractivity contribution >= 4 is 16.7 Å². The van der Waals surface area contributed by atoms with E-state index in [4.69, 9.17) is 0 Å². The molecule has 0 aliphatic heterocycles. The number of carboxylic acids is 1. The Morgan fingerprint density at radius 2 is 1.52 bits per heavy atom. The largest absolute Gasteiger partial charge is 0.477 e. The lowest BCUT2D eigenvalue weighted by Crippen LogP contribution is -2.26. The molecular weight excluding hydrogens is 338 g/mol. The van der Waals surface area contributed by atoms with E-state index in [1.807, 2.05) is 42.5 Å². The zero-order valence-electron chi connectivity index (χ0n) is 14.5. The average Bonchev–Trinajstić information content (AvgIpc) is 2.69. The summed E-state index contributed by atoms with van der Waals surface area (Å²) >= 11 is 0. The number of rotatable bonds is 4. The minimum absolute atomic E-state index is 0.222. The fourth-order valence-electron chi connectivity index (χ4n) is 3.39. The predicted molar refractivity (Wildman–Crippen MR) is 106 cm³/mol. The van der Waals surface area contributed by atoms with Crippen LogP contribution in [0.1, 0.15) is 15.9 Å². The van der Waals surface area contributed by atoms with Crippen LogP contribution in [0.15, 0.2) is 89.9 Å². The number of pyridine rings is 1. The Hall–Kier alpha value is -3.66. The van der Waals surface area contributed by atoms with Gasteiger partial charge in [0.25, 0.3) is 5.56 Å². The van der Waals surface area contributed by atoms with Crippen molar-refractivity contribution in [1.29, 1.82) is 0 Å². The fourth-order valence-corrected chi connectivity index (χ4v) is 3.39. The second-order valence-corrected chi connectivity index (χ2v) is 6.34. The van der Waals surface area contributed by atoms with Crippen molar-refractivity contribution in [3.8, 4) is 11.1 Å². The van der Waals surface area contributed by atoms with Crippen LogP contribution in [0.5, 0.6) is 0 Å². The molecule has 132 valence electrons. The van der Waals surface area contributed by atoms with Gasteiger partial charge in [-0.3, -0.25) is 4.79 Å². The molecule has 0 fully saturated rings. The van der Waals surface area contributed by atoms with Gasteiger partial charge in [0.15, 0.2) is 0 Å². The summed E-state index contributed by atoms with van der Waals surface area (Å²) in [6.07, 6.45) is 1.62. The van der Waals surface area contributed by atoms with Crippen LogP contribution in [0.25, 0.3) is 21.9 Å². The highest BCUT2D eigenvalue weighted by atomic mass is 16.4. The number of hydrogen-bond donors (Lipinski definition) is 1. The van der Waals surface area contributed by atoms with Gasteiger partial charge in [-0.05, 0) is 39.6 Å². The van der Waals surface area contributed by atoms with Gasteiger partial charge >= 0.3 is 5.97 Å². The number of carbonyl (C=O) groups is 1. The Bertz CT molecular complexity index is 1200. The number of hydrogen-bond acceptors (Lipinski definition) is 2. The third kappa shape index (κ3) is 3.13. The van der Waals surface area contributed by atoms with E-state index in [0.29, 0.717) is 6.54 Å². The van der Waals surface area contributed by atoms with Crippen LogP contribution >= 0.6 is 0 Å². The van der Waals surface area contributed by atoms with Gasteiger partial charge in [0.2, 0.25) is 0 Å². The maximum absolute atomic E-state index is 12.5. The van der Waals surface area contributed by atoms with Crippen LogP contribution in [0, 0.1) is 0 Å². The number of aromatic nitrogens is 1. The van der Waals surface area contributed by atoms with Crippen molar-refractivity contribution in [2.75, 3.05) is 0 Å². The van der Waals surface area contributed by atoms with Crippen LogP contribution in [0.2, 0.25) is 0 Å². The molecule has 4 nitrogen and oxygen atoms in total. The molecule has 1 N–H and O–H groups in total. The first-order chi connectivity index (χ1) is 13.1. The molecule has 0 bridgehead atoms. The van der Waals surface area contributed by atoms with E-state index in [1.165, 1.54) is 10.6 Å². The third-order valence-corrected chi connectivity index (χ3v) is 4.69. The van der Waals surface area contributed by atoms with Crippen molar-refractivity contribution in [3.05, 3.63) is 107 Å². The van der Waals surface area contributed by atoms with E-state index in [0.717, 1.165) is 27.5 Å². The molecule has 0 aliphatic carbocycles. The van der Waals surface area contributed by atoms with E-state index < -0.39 is 11.5 Å². The molecule has 0 radical (unpaired) electrons. The highest BCUT2D eigenvalue weighted by Gasteiger charge is 2.13. The van der Waals surface area contributed by atoms with Gasteiger partial charge < -0.3 is 9.67 Å². The summed E-state index contributed by atoms with van der Waals surface area (Å²) in [6.45, 7) is 0.305. The Balaban J connectivity index is 1.85. The average molecular weight is 355 g/mol. The van der Waals surface area contributed by atoms with Crippen molar-refractivity contribution in [2.45, 2.75) is 6.54 Å². The first-order valence-electron chi connectivity index (χ1n) is 8.64. The highest BCUT2D eigenvalue weighted by Crippen LogP contribution is 2.31. The molecule has 1 aromatic heterocycles. The molecule has 0 aliphatic rings. The maximum atomic E-state index is 12.5. The van der Waals surface area contributed by atoms with Crippen LogP contribution in [0.3, 0.4) is 0 Å². The van der Waals surface area contributed by atoms with Gasteiger partial charge in [-0.1, -0.05) is 66.7 Å². The van der Waals surface area contributed by atoms with Gasteiger partial charge in [-0.2, -0.15) is 0 Å². The van der Waals surface area contributed by atoms with E-state index >= 15 is 0 Å². The Morgan fingerprint density at radius 1 is 0.815 bits per heavy atom. The summed E-state index contributed by atoms with van der Waals surface area (Å²) in [5.74, 6) is -1.21. The van der Waals surface area contributed by atoms with Gasteiger partial charge in [-0.25, -0.2) is 4.79 Å². The summed E-state index contributed by atoms with van der Waals surface area (Å²) in [5.41, 5.74) is 2.35. The SMILES string of the molecule is O=C(O)c1cccn(Cc2ccccc2-c2cccc3ccccc23)c1=O. The molecule has 27 heavy (non-hydrogen) atoms. The first kappa shape index (κ1) is 16.8. The lowest BCUT2D eigenvalue weighted by molar-refractivity contribution is 0.0694. The molecule has 4 aromatic rings. The zero-order chi connectivity index (χ0) is 18.8. The van der Waals surface area contributed by atoms with Crippen LogP contribution in [0.4, 0.5) is 0 Å². The van der Waals surface area contributed by atoms with Crippen molar-refractivity contribution in [3.63, 3.8) is 0 Å². The Kier molecular flexibility index (Phi) is 4.30. The fraction of sp³-hybridized carbons (Fsp3) is 0.0435. The molecule has 0 unspecified atom stereocenters. The van der Waals surface area contributed by atoms with Gasteiger partial charge in [0.1, 0.15) is 5.56 Å². The van der Waals surface area contributed by atoms with E-state index in [9.17, 15) is 14.7 Å². The highest BCUT2D eigenvalue weighted by molar-refractivity contribution is 5.97.